The maximum Gasteiger partial charge on any atom is 0.363 e. The van der Waals surface area contributed by atoms with Gasteiger partial charge in [0.2, 0.25) is 0 Å². The van der Waals surface area contributed by atoms with E-state index in [9.17, 15) is 0 Å². The van der Waals surface area contributed by atoms with Crippen molar-refractivity contribution in [3.8, 4) is 0 Å². The lowest BCUT2D eigenvalue weighted by Gasteiger charge is -2.18. The van der Waals surface area contributed by atoms with Gasteiger partial charge in [-0.2, -0.15) is 0 Å². The number of fused-ring (bicyclic) bond motifs is 2. The van der Waals surface area contributed by atoms with Gasteiger partial charge in [-0.3, -0.25) is 0 Å². The fourth-order valence-electron chi connectivity index (χ4n) is 2.48. The lowest BCUT2D eigenvalue weighted by atomic mass is 10.0. The van der Waals surface area contributed by atoms with Crippen molar-refractivity contribution >= 4 is 18.4 Å². The van der Waals surface area contributed by atoms with Gasteiger partial charge in [-0.15, -0.1) is 5.50 Å². The molecule has 0 aliphatic heterocycles. The van der Waals surface area contributed by atoms with Gasteiger partial charge >= 0.3 is 7.07 Å². The molecule has 2 saturated carbocycles. The summed E-state index contributed by atoms with van der Waals surface area (Å²) in [6.45, 7) is 0. The molecule has 11 heavy (non-hydrogen) atoms. The smallest absolute Gasteiger partial charge is 0.128 e. The molecule has 2 aliphatic carbocycles. The zero-order chi connectivity index (χ0) is 7.90. The van der Waals surface area contributed by atoms with Crippen molar-refractivity contribution in [1.29, 1.82) is 5.16 Å². The molecule has 0 aromatic rings. The third-order valence-electron chi connectivity index (χ3n) is 2.97. The molecule has 0 heterocycles. The Morgan fingerprint density at radius 3 is 2.45 bits per heavy atom. The maximum atomic E-state index is 7.40. The van der Waals surface area contributed by atoms with Crippen LogP contribution in [0.15, 0.2) is 0 Å². The van der Waals surface area contributed by atoms with E-state index < -0.39 is 7.07 Å². The summed E-state index contributed by atoms with van der Waals surface area (Å²) >= 11 is 1.76. The van der Waals surface area contributed by atoms with Crippen molar-refractivity contribution in [3.63, 3.8) is 0 Å². The van der Waals surface area contributed by atoms with Crippen LogP contribution in [0.25, 0.3) is 0 Å². The summed E-state index contributed by atoms with van der Waals surface area (Å²) in [6, 6.07) is 0. The van der Waals surface area contributed by atoms with Crippen molar-refractivity contribution in [2.75, 3.05) is 0 Å². The quantitative estimate of drug-likeness (QED) is 0.656. The van der Waals surface area contributed by atoms with Gasteiger partial charge in [-0.1, -0.05) is 5.16 Å². The van der Waals surface area contributed by atoms with Gasteiger partial charge < -0.3 is 0 Å². The first-order valence-corrected chi connectivity index (χ1v) is 6.99. The van der Waals surface area contributed by atoms with E-state index in [4.69, 9.17) is 10.7 Å². The van der Waals surface area contributed by atoms with Gasteiger partial charge in [-0.25, -0.2) is 0 Å². The van der Waals surface area contributed by atoms with Crippen molar-refractivity contribution in [1.82, 2.24) is 0 Å². The molecule has 0 radical (unpaired) electrons. The van der Waals surface area contributed by atoms with Gasteiger partial charge in [0.15, 0.2) is 0 Å². The Balaban J connectivity index is 2.05. The lowest BCUT2D eigenvalue weighted by Crippen LogP contribution is -2.15. The topological polar surface area (TPSA) is 49.9 Å². The van der Waals surface area contributed by atoms with E-state index in [1.807, 2.05) is 0 Å². The van der Waals surface area contributed by atoms with Crippen molar-refractivity contribution < 1.29 is 0 Å². The Morgan fingerprint density at radius 1 is 1.45 bits per heavy atom. The van der Waals surface area contributed by atoms with Crippen LogP contribution in [0.4, 0.5) is 0 Å². The van der Waals surface area contributed by atoms with Crippen LogP contribution >= 0.6 is 18.4 Å². The van der Waals surface area contributed by atoms with Crippen LogP contribution in [0.3, 0.4) is 0 Å². The standard InChI is InChI=1S/C7H14N2PS/c8-10(9)11-7-3-1-6(5-7)2-4-7/h6H,1-5H2,(H3,8,9)/q+1. The SMILES string of the molecule is N=[P+](N)SC12CCC(CC1)C2. The second-order valence-electron chi connectivity index (χ2n) is 3.75. The Kier molecular flexibility index (Phi) is 1.99. The lowest BCUT2D eigenvalue weighted by molar-refractivity contribution is 0.501. The van der Waals surface area contributed by atoms with E-state index >= 15 is 0 Å². The van der Waals surface area contributed by atoms with Crippen LogP contribution in [0.2, 0.25) is 0 Å². The van der Waals surface area contributed by atoms with Gasteiger partial charge in [0.1, 0.15) is 11.4 Å². The average molecular weight is 189 g/mol. The summed E-state index contributed by atoms with van der Waals surface area (Å²) in [6.07, 6.45) is 6.81. The summed E-state index contributed by atoms with van der Waals surface area (Å²) < 4.78 is 0.465. The minimum Gasteiger partial charge on any atom is -0.128 e. The minimum atomic E-state index is -0.973. The second kappa shape index (κ2) is 2.72. The van der Waals surface area contributed by atoms with Gasteiger partial charge in [-0.05, 0) is 38.0 Å². The molecule has 1 atom stereocenters. The van der Waals surface area contributed by atoms with Crippen LogP contribution in [0, 0.1) is 11.1 Å². The molecule has 62 valence electrons. The Morgan fingerprint density at radius 2 is 2.09 bits per heavy atom. The molecule has 2 rings (SSSR count). The molecular weight excluding hydrogens is 175 g/mol. The van der Waals surface area contributed by atoms with Gasteiger partial charge in [0, 0.05) is 0 Å². The predicted octanol–water partition coefficient (Wildman–Crippen LogP) is 3.09. The number of nitrogens with two attached hydrogens (primary N) is 1. The van der Waals surface area contributed by atoms with Crippen LogP contribution in [-0.4, -0.2) is 4.75 Å². The average Bonchev–Trinajstić information content (AvgIpc) is 2.43. The molecule has 0 saturated heterocycles. The molecule has 0 aromatic heterocycles. The predicted molar refractivity (Wildman–Crippen MR) is 50.7 cm³/mol. The Bertz CT molecular complexity index is 187. The van der Waals surface area contributed by atoms with E-state index in [1.54, 1.807) is 11.4 Å². The molecule has 3 N–H and O–H groups in total. The number of hydrogen-bond donors (Lipinski definition) is 2. The van der Waals surface area contributed by atoms with Crippen LogP contribution in [0.5, 0.6) is 0 Å². The summed E-state index contributed by atoms with van der Waals surface area (Å²) in [5, 5.41) is 7.40. The monoisotopic (exact) mass is 189 g/mol. The normalized spacial score (nSPS) is 43.0. The molecule has 0 aromatic carbocycles. The molecule has 2 aliphatic rings. The number of rotatable bonds is 2. The van der Waals surface area contributed by atoms with Crippen molar-refractivity contribution in [2.45, 2.75) is 36.9 Å². The fraction of sp³-hybridized carbons (Fsp3) is 1.00. The van der Waals surface area contributed by atoms with E-state index in [0.29, 0.717) is 4.75 Å². The number of hydrogen-bond acceptors (Lipinski definition) is 2. The molecule has 0 spiro atoms. The largest absolute Gasteiger partial charge is 0.363 e. The second-order valence-corrected chi connectivity index (χ2v) is 7.18. The third-order valence-corrected chi connectivity index (χ3v) is 5.88. The highest BCUT2D eigenvalue weighted by Gasteiger charge is 2.49. The summed E-state index contributed by atoms with van der Waals surface area (Å²) in [4.78, 5) is 0. The molecule has 2 nitrogen and oxygen atoms in total. The molecule has 2 fully saturated rings. The minimum absolute atomic E-state index is 0.465. The summed E-state index contributed by atoms with van der Waals surface area (Å²) in [7, 11) is -0.973. The zero-order valence-corrected chi connectivity index (χ0v) is 8.26. The van der Waals surface area contributed by atoms with Crippen LogP contribution < -0.4 is 5.50 Å². The first kappa shape index (κ1) is 8.03. The Labute approximate surface area is 72.4 Å². The van der Waals surface area contributed by atoms with Crippen LogP contribution in [0.1, 0.15) is 32.1 Å². The summed E-state index contributed by atoms with van der Waals surface area (Å²) in [5.74, 6) is 0.984. The molecule has 1 unspecified atom stereocenters. The molecule has 4 heteroatoms. The van der Waals surface area contributed by atoms with Gasteiger partial charge in [0.05, 0.1) is 4.75 Å². The molecule has 2 bridgehead atoms. The molecular formula is C7H14N2PS+. The molecule has 0 amide bonds. The van der Waals surface area contributed by atoms with E-state index in [1.165, 1.54) is 32.1 Å². The van der Waals surface area contributed by atoms with E-state index in [2.05, 4.69) is 0 Å². The van der Waals surface area contributed by atoms with Crippen LogP contribution in [-0.2, 0) is 0 Å². The summed E-state index contributed by atoms with van der Waals surface area (Å²) in [5.41, 5.74) is 5.55. The highest BCUT2D eigenvalue weighted by atomic mass is 32.7. The fourth-order valence-corrected chi connectivity index (χ4v) is 5.64. The number of nitrogens with one attached hydrogen (secondary N) is 1. The Hall–Kier alpha value is 0.410. The first-order chi connectivity index (χ1) is 5.20. The van der Waals surface area contributed by atoms with E-state index in [0.717, 1.165) is 5.92 Å². The first-order valence-electron chi connectivity index (χ1n) is 4.15. The van der Waals surface area contributed by atoms with Gasteiger partial charge in [0.25, 0.3) is 0 Å². The maximum absolute atomic E-state index is 7.40. The zero-order valence-electron chi connectivity index (χ0n) is 6.55. The van der Waals surface area contributed by atoms with Crippen molar-refractivity contribution in [3.05, 3.63) is 0 Å². The highest BCUT2D eigenvalue weighted by Crippen LogP contribution is 2.60. The van der Waals surface area contributed by atoms with E-state index in [-0.39, 0.29) is 0 Å². The third kappa shape index (κ3) is 1.47. The highest BCUT2D eigenvalue weighted by molar-refractivity contribution is 8.52. The van der Waals surface area contributed by atoms with Crippen molar-refractivity contribution in [2.24, 2.45) is 11.4 Å².